The Labute approximate surface area is 82.1 Å². The minimum atomic E-state index is -0.465. The molecule has 0 unspecified atom stereocenters. The molecule has 1 rings (SSSR count). The van der Waals surface area contributed by atoms with Gasteiger partial charge in [-0.1, -0.05) is 0 Å². The van der Waals surface area contributed by atoms with Crippen LogP contribution >= 0.6 is 0 Å². The zero-order chi connectivity index (χ0) is 10.9. The lowest BCUT2D eigenvalue weighted by molar-refractivity contribution is -0.386. The topological polar surface area (TPSA) is 73.0 Å². The van der Waals surface area contributed by atoms with E-state index in [4.69, 9.17) is 0 Å². The van der Waals surface area contributed by atoms with E-state index in [0.29, 0.717) is 5.69 Å². The molecule has 0 saturated heterocycles. The van der Waals surface area contributed by atoms with Crippen molar-refractivity contribution in [3.05, 3.63) is 22.0 Å². The van der Waals surface area contributed by atoms with E-state index in [1.54, 1.807) is 14.1 Å². The highest BCUT2D eigenvalue weighted by Crippen LogP contribution is 2.28. The molecule has 0 aliphatic carbocycles. The molecule has 0 bridgehead atoms. The zero-order valence-electron chi connectivity index (χ0n) is 8.74. The van der Waals surface area contributed by atoms with Crippen LogP contribution in [0.3, 0.4) is 0 Å². The molecule has 1 aromatic rings. The zero-order valence-corrected chi connectivity index (χ0v) is 8.74. The smallest absolute Gasteiger partial charge is 0.309 e. The van der Waals surface area contributed by atoms with Crippen molar-refractivity contribution in [2.75, 3.05) is 7.05 Å². The summed E-state index contributed by atoms with van der Waals surface area (Å²) in [5.74, 6) is 0. The molecule has 0 amide bonds. The molecule has 0 atom stereocenters. The van der Waals surface area contributed by atoms with Gasteiger partial charge in [-0.2, -0.15) is 5.10 Å². The summed E-state index contributed by atoms with van der Waals surface area (Å²) >= 11 is 0. The van der Waals surface area contributed by atoms with Crippen molar-refractivity contribution in [1.82, 2.24) is 15.1 Å². The van der Waals surface area contributed by atoms with Crippen molar-refractivity contribution >= 4 is 5.69 Å². The predicted molar refractivity (Wildman–Crippen MR) is 51.9 cm³/mol. The van der Waals surface area contributed by atoms with Crippen LogP contribution in [0.1, 0.15) is 19.5 Å². The molecule has 0 fully saturated rings. The Morgan fingerprint density at radius 1 is 1.64 bits per heavy atom. The first-order chi connectivity index (χ1) is 6.40. The lowest BCUT2D eigenvalue weighted by Crippen LogP contribution is -2.35. The Hall–Kier alpha value is -1.43. The molecular weight excluding hydrogens is 184 g/mol. The Balaban J connectivity index is 3.31. The number of aryl methyl sites for hydroxylation is 1. The van der Waals surface area contributed by atoms with Crippen LogP contribution in [0.15, 0.2) is 6.20 Å². The molecule has 1 heterocycles. The largest absolute Gasteiger partial charge is 0.312 e. The molecule has 14 heavy (non-hydrogen) atoms. The highest BCUT2D eigenvalue weighted by atomic mass is 16.6. The molecule has 0 saturated carbocycles. The van der Waals surface area contributed by atoms with Crippen molar-refractivity contribution in [2.45, 2.75) is 19.4 Å². The van der Waals surface area contributed by atoms with Crippen LogP contribution in [0.2, 0.25) is 0 Å². The summed E-state index contributed by atoms with van der Waals surface area (Å²) in [6.07, 6.45) is 1.27. The average molecular weight is 198 g/mol. The summed E-state index contributed by atoms with van der Waals surface area (Å²) in [5.41, 5.74) is 0.157. The molecular formula is C8H14N4O2. The summed E-state index contributed by atoms with van der Waals surface area (Å²) in [6, 6.07) is 0. The number of nitrogens with one attached hydrogen (secondary N) is 1. The SMILES string of the molecule is CNC(C)(C)c1c([N+](=O)[O-])cnn1C. The fourth-order valence-electron chi connectivity index (χ4n) is 1.40. The Kier molecular flexibility index (Phi) is 2.57. The number of hydrogen-bond acceptors (Lipinski definition) is 4. The predicted octanol–water partition coefficient (Wildman–Crippen LogP) is 0.783. The molecule has 0 aliphatic heterocycles. The van der Waals surface area contributed by atoms with E-state index in [2.05, 4.69) is 10.4 Å². The summed E-state index contributed by atoms with van der Waals surface area (Å²) in [7, 11) is 3.46. The molecule has 78 valence electrons. The van der Waals surface area contributed by atoms with Gasteiger partial charge in [-0.05, 0) is 20.9 Å². The molecule has 6 heteroatoms. The van der Waals surface area contributed by atoms with Crippen LogP contribution in [0.5, 0.6) is 0 Å². The Bertz CT molecular complexity index is 356. The molecule has 0 spiro atoms. The normalized spacial score (nSPS) is 11.7. The van der Waals surface area contributed by atoms with Gasteiger partial charge in [0, 0.05) is 7.05 Å². The third-order valence-electron chi connectivity index (χ3n) is 2.33. The first-order valence-electron chi connectivity index (χ1n) is 4.26. The number of rotatable bonds is 3. The monoisotopic (exact) mass is 198 g/mol. The van der Waals surface area contributed by atoms with Crippen LogP contribution in [0.4, 0.5) is 5.69 Å². The number of nitrogens with zero attached hydrogens (tertiary/aromatic N) is 3. The maximum absolute atomic E-state index is 10.7. The second kappa shape index (κ2) is 3.38. The maximum atomic E-state index is 10.7. The molecule has 0 radical (unpaired) electrons. The fraction of sp³-hybridized carbons (Fsp3) is 0.625. The summed E-state index contributed by atoms with van der Waals surface area (Å²) in [4.78, 5) is 10.3. The van der Waals surface area contributed by atoms with Gasteiger partial charge in [-0.15, -0.1) is 0 Å². The van der Waals surface area contributed by atoms with Crippen molar-refractivity contribution in [1.29, 1.82) is 0 Å². The Morgan fingerprint density at radius 2 is 2.21 bits per heavy atom. The quantitative estimate of drug-likeness (QED) is 0.575. The number of aromatic nitrogens is 2. The van der Waals surface area contributed by atoms with Gasteiger partial charge in [0.2, 0.25) is 0 Å². The standard InChI is InChI=1S/C8H14N4O2/c1-8(2,9-3)7-6(12(13)14)5-10-11(7)4/h5,9H,1-4H3. The van der Waals surface area contributed by atoms with E-state index in [0.717, 1.165) is 0 Å². The second-order valence-electron chi connectivity index (χ2n) is 3.63. The van der Waals surface area contributed by atoms with E-state index in [-0.39, 0.29) is 5.69 Å². The van der Waals surface area contributed by atoms with Gasteiger partial charge < -0.3 is 5.32 Å². The van der Waals surface area contributed by atoms with Crippen molar-refractivity contribution in [3.8, 4) is 0 Å². The van der Waals surface area contributed by atoms with Crippen LogP contribution in [0, 0.1) is 10.1 Å². The molecule has 6 nitrogen and oxygen atoms in total. The minimum absolute atomic E-state index is 0.0480. The van der Waals surface area contributed by atoms with Gasteiger partial charge in [0.15, 0.2) is 0 Å². The maximum Gasteiger partial charge on any atom is 0.312 e. The van der Waals surface area contributed by atoms with Crippen molar-refractivity contribution < 1.29 is 4.92 Å². The van der Waals surface area contributed by atoms with E-state index in [9.17, 15) is 10.1 Å². The third-order valence-corrected chi connectivity index (χ3v) is 2.33. The van der Waals surface area contributed by atoms with Crippen molar-refractivity contribution in [2.24, 2.45) is 7.05 Å². The lowest BCUT2D eigenvalue weighted by atomic mass is 10.00. The number of hydrogen-bond donors (Lipinski definition) is 1. The van der Waals surface area contributed by atoms with Gasteiger partial charge >= 0.3 is 5.69 Å². The lowest BCUT2D eigenvalue weighted by Gasteiger charge is -2.23. The van der Waals surface area contributed by atoms with Gasteiger partial charge in [-0.25, -0.2) is 0 Å². The number of nitro groups is 1. The molecule has 0 aromatic carbocycles. The summed E-state index contributed by atoms with van der Waals surface area (Å²) < 4.78 is 1.52. The highest BCUT2D eigenvalue weighted by Gasteiger charge is 2.31. The van der Waals surface area contributed by atoms with Gasteiger partial charge in [0.05, 0.1) is 10.5 Å². The van der Waals surface area contributed by atoms with Crippen LogP contribution < -0.4 is 5.32 Å². The van der Waals surface area contributed by atoms with Gasteiger partial charge in [0.1, 0.15) is 11.9 Å². The minimum Gasteiger partial charge on any atom is -0.309 e. The van der Waals surface area contributed by atoms with Gasteiger partial charge in [-0.3, -0.25) is 14.8 Å². The van der Waals surface area contributed by atoms with E-state index in [1.165, 1.54) is 10.9 Å². The van der Waals surface area contributed by atoms with E-state index < -0.39 is 10.5 Å². The molecule has 1 aromatic heterocycles. The van der Waals surface area contributed by atoms with Crippen LogP contribution in [0.25, 0.3) is 0 Å². The third kappa shape index (κ3) is 1.60. The Morgan fingerprint density at radius 3 is 2.64 bits per heavy atom. The summed E-state index contributed by atoms with van der Waals surface area (Å²) in [5, 5.41) is 17.6. The van der Waals surface area contributed by atoms with Crippen molar-refractivity contribution in [3.63, 3.8) is 0 Å². The molecule has 1 N–H and O–H groups in total. The fourth-order valence-corrected chi connectivity index (χ4v) is 1.40. The average Bonchev–Trinajstić information content (AvgIpc) is 2.47. The van der Waals surface area contributed by atoms with Crippen LogP contribution in [-0.2, 0) is 12.6 Å². The first kappa shape index (κ1) is 10.6. The first-order valence-corrected chi connectivity index (χ1v) is 4.26. The van der Waals surface area contributed by atoms with E-state index >= 15 is 0 Å². The summed E-state index contributed by atoms with van der Waals surface area (Å²) in [6.45, 7) is 3.74. The van der Waals surface area contributed by atoms with Crippen LogP contribution in [-0.4, -0.2) is 21.8 Å². The van der Waals surface area contributed by atoms with Gasteiger partial charge in [0.25, 0.3) is 0 Å². The second-order valence-corrected chi connectivity index (χ2v) is 3.63. The highest BCUT2D eigenvalue weighted by molar-refractivity contribution is 5.37. The van der Waals surface area contributed by atoms with E-state index in [1.807, 2.05) is 13.8 Å². The molecule has 0 aliphatic rings.